The SMILES string of the molecule is C=C(Br)CC(C(=O)OCC)C1CCN(C(=O)O)CC1. The third-order valence-electron chi connectivity index (χ3n) is 3.41. The number of hydrogen-bond acceptors (Lipinski definition) is 3. The molecule has 1 saturated heterocycles. The van der Waals surface area contributed by atoms with Gasteiger partial charge in [0, 0.05) is 13.1 Å². The van der Waals surface area contributed by atoms with E-state index in [0.717, 1.165) is 4.48 Å². The Balaban J connectivity index is 2.64. The second kappa shape index (κ2) is 7.53. The second-order valence-corrected chi connectivity index (χ2v) is 5.81. The van der Waals surface area contributed by atoms with Crippen LogP contribution in [0.5, 0.6) is 0 Å². The number of rotatable bonds is 5. The number of ether oxygens (including phenoxy) is 1. The van der Waals surface area contributed by atoms with Crippen LogP contribution in [0.1, 0.15) is 26.2 Å². The third kappa shape index (κ3) is 4.86. The van der Waals surface area contributed by atoms with E-state index in [-0.39, 0.29) is 17.8 Å². The topological polar surface area (TPSA) is 66.8 Å². The standard InChI is InChI=1S/C13H20BrNO4/c1-3-19-12(16)11(8-9(2)14)10-4-6-15(7-5-10)13(17)18/h10-11H,2-8H2,1H3,(H,17,18). The fourth-order valence-corrected chi connectivity index (χ4v) is 2.77. The van der Waals surface area contributed by atoms with Crippen molar-refractivity contribution in [1.82, 2.24) is 4.90 Å². The Morgan fingerprint density at radius 1 is 1.47 bits per heavy atom. The molecule has 0 aromatic heterocycles. The number of allylic oxidation sites excluding steroid dienone is 1. The summed E-state index contributed by atoms with van der Waals surface area (Å²) in [6.45, 7) is 6.88. The van der Waals surface area contributed by atoms with Crippen molar-refractivity contribution >= 4 is 28.0 Å². The van der Waals surface area contributed by atoms with Gasteiger partial charge in [0.25, 0.3) is 0 Å². The monoisotopic (exact) mass is 333 g/mol. The molecule has 1 aliphatic heterocycles. The molecule has 0 radical (unpaired) electrons. The molecule has 0 aliphatic carbocycles. The van der Waals surface area contributed by atoms with Crippen molar-refractivity contribution in [3.63, 3.8) is 0 Å². The zero-order valence-electron chi connectivity index (χ0n) is 11.1. The lowest BCUT2D eigenvalue weighted by Crippen LogP contribution is -2.41. The molecule has 5 nitrogen and oxygen atoms in total. The molecular formula is C13H20BrNO4. The van der Waals surface area contributed by atoms with Crippen LogP contribution in [0.4, 0.5) is 4.79 Å². The molecule has 1 heterocycles. The van der Waals surface area contributed by atoms with Gasteiger partial charge in [-0.1, -0.05) is 22.5 Å². The fraction of sp³-hybridized carbons (Fsp3) is 0.692. The molecule has 1 atom stereocenters. The first-order chi connectivity index (χ1) is 8.95. The van der Waals surface area contributed by atoms with E-state index in [1.54, 1.807) is 6.92 Å². The molecule has 0 spiro atoms. The highest BCUT2D eigenvalue weighted by Gasteiger charge is 2.33. The van der Waals surface area contributed by atoms with Crippen LogP contribution >= 0.6 is 15.9 Å². The van der Waals surface area contributed by atoms with Gasteiger partial charge >= 0.3 is 12.1 Å². The molecule has 1 unspecified atom stereocenters. The third-order valence-corrected chi connectivity index (χ3v) is 3.73. The highest BCUT2D eigenvalue weighted by Crippen LogP contribution is 2.31. The van der Waals surface area contributed by atoms with Gasteiger partial charge in [0.05, 0.1) is 12.5 Å². The lowest BCUT2D eigenvalue weighted by molar-refractivity contribution is -0.150. The van der Waals surface area contributed by atoms with Crippen LogP contribution in [0.3, 0.4) is 0 Å². The number of likely N-dealkylation sites (tertiary alicyclic amines) is 1. The molecule has 0 aromatic carbocycles. The van der Waals surface area contributed by atoms with E-state index in [4.69, 9.17) is 9.84 Å². The van der Waals surface area contributed by atoms with Crippen molar-refractivity contribution < 1.29 is 19.4 Å². The minimum Gasteiger partial charge on any atom is -0.466 e. The summed E-state index contributed by atoms with van der Waals surface area (Å²) < 4.78 is 5.87. The maximum absolute atomic E-state index is 12.0. The number of halogens is 1. The van der Waals surface area contributed by atoms with E-state index >= 15 is 0 Å². The summed E-state index contributed by atoms with van der Waals surface area (Å²) in [6.07, 6.45) is 1.03. The molecule has 0 bridgehead atoms. The van der Waals surface area contributed by atoms with Crippen LogP contribution in [-0.2, 0) is 9.53 Å². The van der Waals surface area contributed by atoms with Gasteiger partial charge in [0.2, 0.25) is 0 Å². The van der Waals surface area contributed by atoms with E-state index < -0.39 is 6.09 Å². The molecule has 19 heavy (non-hydrogen) atoms. The number of carbonyl (C=O) groups is 2. The molecular weight excluding hydrogens is 314 g/mol. The van der Waals surface area contributed by atoms with E-state index in [2.05, 4.69) is 22.5 Å². The normalized spacial score (nSPS) is 17.9. The van der Waals surface area contributed by atoms with Gasteiger partial charge in [-0.05, 0) is 36.6 Å². The van der Waals surface area contributed by atoms with Gasteiger partial charge in [-0.2, -0.15) is 0 Å². The lowest BCUT2D eigenvalue weighted by Gasteiger charge is -2.33. The van der Waals surface area contributed by atoms with Crippen molar-refractivity contribution in [1.29, 1.82) is 0 Å². The summed E-state index contributed by atoms with van der Waals surface area (Å²) in [7, 11) is 0. The lowest BCUT2D eigenvalue weighted by atomic mass is 9.82. The Hall–Kier alpha value is -1.04. The number of carboxylic acid groups (broad SMARTS) is 1. The predicted molar refractivity (Wildman–Crippen MR) is 75.1 cm³/mol. The number of carbonyl (C=O) groups excluding carboxylic acids is 1. The highest BCUT2D eigenvalue weighted by atomic mass is 79.9. The van der Waals surface area contributed by atoms with E-state index in [1.165, 1.54) is 4.90 Å². The Bertz CT molecular complexity index is 351. The van der Waals surface area contributed by atoms with Crippen molar-refractivity contribution in [2.75, 3.05) is 19.7 Å². The van der Waals surface area contributed by atoms with Crippen molar-refractivity contribution in [3.05, 3.63) is 11.1 Å². The number of esters is 1. The van der Waals surface area contributed by atoms with Gasteiger partial charge in [-0.3, -0.25) is 4.79 Å². The molecule has 1 N–H and O–H groups in total. The predicted octanol–water partition coefficient (Wildman–Crippen LogP) is 2.85. The first-order valence-electron chi connectivity index (χ1n) is 6.43. The zero-order valence-corrected chi connectivity index (χ0v) is 12.7. The summed E-state index contributed by atoms with van der Waals surface area (Å²) in [5.41, 5.74) is 0. The molecule has 6 heteroatoms. The van der Waals surface area contributed by atoms with Crippen LogP contribution in [0.25, 0.3) is 0 Å². The van der Waals surface area contributed by atoms with Gasteiger partial charge in [-0.15, -0.1) is 0 Å². The summed E-state index contributed by atoms with van der Waals surface area (Å²) in [5, 5.41) is 8.91. The van der Waals surface area contributed by atoms with Gasteiger partial charge in [0.1, 0.15) is 0 Å². The van der Waals surface area contributed by atoms with E-state index in [9.17, 15) is 9.59 Å². The van der Waals surface area contributed by atoms with Crippen LogP contribution in [0, 0.1) is 11.8 Å². The molecule has 108 valence electrons. The minimum atomic E-state index is -0.893. The largest absolute Gasteiger partial charge is 0.466 e. The summed E-state index contributed by atoms with van der Waals surface area (Å²) in [4.78, 5) is 24.2. The molecule has 1 aliphatic rings. The maximum atomic E-state index is 12.0. The Labute approximate surface area is 121 Å². The number of piperidine rings is 1. The molecule has 1 rings (SSSR count). The smallest absolute Gasteiger partial charge is 0.407 e. The first-order valence-corrected chi connectivity index (χ1v) is 7.22. The average Bonchev–Trinajstić information content (AvgIpc) is 2.36. The first kappa shape index (κ1) is 16.0. The Kier molecular flexibility index (Phi) is 6.34. The molecule has 0 saturated carbocycles. The number of amides is 1. The zero-order chi connectivity index (χ0) is 14.4. The van der Waals surface area contributed by atoms with Crippen LogP contribution < -0.4 is 0 Å². The number of hydrogen-bond donors (Lipinski definition) is 1. The minimum absolute atomic E-state index is 0.156. The van der Waals surface area contributed by atoms with Crippen molar-refractivity contribution in [2.45, 2.75) is 26.2 Å². The molecule has 1 fully saturated rings. The van der Waals surface area contributed by atoms with Crippen molar-refractivity contribution in [3.8, 4) is 0 Å². The van der Waals surface area contributed by atoms with Crippen LogP contribution in [0.2, 0.25) is 0 Å². The van der Waals surface area contributed by atoms with Gasteiger partial charge < -0.3 is 14.7 Å². The molecule has 0 aromatic rings. The van der Waals surface area contributed by atoms with Gasteiger partial charge in [-0.25, -0.2) is 4.79 Å². The van der Waals surface area contributed by atoms with Crippen LogP contribution in [-0.4, -0.2) is 41.8 Å². The number of nitrogens with zero attached hydrogens (tertiary/aromatic N) is 1. The van der Waals surface area contributed by atoms with Crippen LogP contribution in [0.15, 0.2) is 11.1 Å². The van der Waals surface area contributed by atoms with Gasteiger partial charge in [0.15, 0.2) is 0 Å². The quantitative estimate of drug-likeness (QED) is 0.785. The Morgan fingerprint density at radius 3 is 2.47 bits per heavy atom. The summed E-state index contributed by atoms with van der Waals surface area (Å²) in [6, 6.07) is 0. The highest BCUT2D eigenvalue weighted by molar-refractivity contribution is 9.11. The Morgan fingerprint density at radius 2 is 2.05 bits per heavy atom. The summed E-state index contributed by atoms with van der Waals surface area (Å²) >= 11 is 3.29. The second-order valence-electron chi connectivity index (χ2n) is 4.69. The fourth-order valence-electron chi connectivity index (χ4n) is 2.42. The molecule has 1 amide bonds. The average molecular weight is 334 g/mol. The summed E-state index contributed by atoms with van der Waals surface area (Å²) in [5.74, 6) is -0.288. The van der Waals surface area contributed by atoms with E-state index in [0.29, 0.717) is 39.0 Å². The maximum Gasteiger partial charge on any atom is 0.407 e. The van der Waals surface area contributed by atoms with Crippen molar-refractivity contribution in [2.24, 2.45) is 11.8 Å². The van der Waals surface area contributed by atoms with E-state index in [1.807, 2.05) is 0 Å².